The quantitative estimate of drug-likeness (QED) is 0.858. The van der Waals surface area contributed by atoms with Gasteiger partial charge in [-0.3, -0.25) is 4.90 Å². The molecule has 5 heteroatoms. The molecule has 1 saturated heterocycles. The maximum atomic E-state index is 13.8. The largest absolute Gasteiger partial charge is 0.392 e. The second-order valence-corrected chi connectivity index (χ2v) is 5.12. The van der Waals surface area contributed by atoms with E-state index < -0.39 is 0 Å². The first kappa shape index (κ1) is 12.7. The highest BCUT2D eigenvalue weighted by Gasteiger charge is 2.27. The second-order valence-electron chi connectivity index (χ2n) is 4.24. The minimum atomic E-state index is -0.345. The van der Waals surface area contributed by atoms with Crippen molar-refractivity contribution in [3.63, 3.8) is 0 Å². The lowest BCUT2D eigenvalue weighted by atomic mass is 10.1. The first-order valence-corrected chi connectivity index (χ1v) is 6.34. The van der Waals surface area contributed by atoms with E-state index in [1.165, 1.54) is 0 Å². The van der Waals surface area contributed by atoms with Crippen molar-refractivity contribution in [3.8, 4) is 0 Å². The van der Waals surface area contributed by atoms with Crippen molar-refractivity contribution >= 4 is 28.8 Å². The van der Waals surface area contributed by atoms with E-state index in [1.54, 1.807) is 18.2 Å². The number of benzene rings is 1. The third-order valence-corrected chi connectivity index (χ3v) is 3.66. The van der Waals surface area contributed by atoms with Crippen LogP contribution in [0.25, 0.3) is 0 Å². The summed E-state index contributed by atoms with van der Waals surface area (Å²) in [6, 6.07) is 5.14. The fourth-order valence-corrected chi connectivity index (χ4v) is 2.69. The molecule has 0 aliphatic carbocycles. The molecule has 1 aliphatic rings. The Kier molecular flexibility index (Phi) is 3.97. The van der Waals surface area contributed by atoms with Gasteiger partial charge in [-0.25, -0.2) is 4.39 Å². The molecule has 1 aromatic carbocycles. The van der Waals surface area contributed by atoms with Crippen LogP contribution in [0, 0.1) is 5.82 Å². The molecule has 1 aromatic rings. The SMILES string of the molecule is NC(=S)C1CCCN1Cc1cccc(Cl)c1F. The van der Waals surface area contributed by atoms with Gasteiger partial charge in [-0.05, 0) is 25.5 Å². The molecule has 2 N–H and O–H groups in total. The molecule has 1 atom stereocenters. The summed E-state index contributed by atoms with van der Waals surface area (Å²) in [5, 5.41) is 0.161. The van der Waals surface area contributed by atoms with Crippen LogP contribution in [0.15, 0.2) is 18.2 Å². The summed E-state index contributed by atoms with van der Waals surface area (Å²) in [5.41, 5.74) is 6.28. The Morgan fingerprint density at radius 1 is 1.59 bits per heavy atom. The Morgan fingerprint density at radius 2 is 2.35 bits per heavy atom. The molecule has 1 unspecified atom stereocenters. The molecular weight excluding hydrogens is 259 g/mol. The average Bonchev–Trinajstić information content (AvgIpc) is 2.73. The molecule has 0 amide bonds. The molecule has 0 radical (unpaired) electrons. The van der Waals surface area contributed by atoms with E-state index in [-0.39, 0.29) is 16.9 Å². The number of rotatable bonds is 3. The molecule has 2 nitrogen and oxygen atoms in total. The van der Waals surface area contributed by atoms with Gasteiger partial charge in [0.15, 0.2) is 0 Å². The molecule has 1 fully saturated rings. The zero-order chi connectivity index (χ0) is 12.4. The number of hydrogen-bond donors (Lipinski definition) is 1. The lowest BCUT2D eigenvalue weighted by Crippen LogP contribution is -2.38. The Hall–Kier alpha value is -0.710. The fraction of sp³-hybridized carbons (Fsp3) is 0.417. The molecule has 0 bridgehead atoms. The van der Waals surface area contributed by atoms with Crippen LogP contribution in [-0.4, -0.2) is 22.5 Å². The number of thiocarbonyl (C=S) groups is 1. The molecule has 1 heterocycles. The highest BCUT2D eigenvalue weighted by molar-refractivity contribution is 7.80. The lowest BCUT2D eigenvalue weighted by molar-refractivity contribution is 0.290. The van der Waals surface area contributed by atoms with Gasteiger partial charge < -0.3 is 5.73 Å². The minimum absolute atomic E-state index is 0.0865. The topological polar surface area (TPSA) is 29.3 Å². The van der Waals surface area contributed by atoms with Crippen molar-refractivity contribution in [1.29, 1.82) is 0 Å². The second kappa shape index (κ2) is 5.29. The lowest BCUT2D eigenvalue weighted by Gasteiger charge is -2.23. The fourth-order valence-electron chi connectivity index (χ4n) is 2.23. The molecule has 92 valence electrons. The predicted octanol–water partition coefficient (Wildman–Crippen LogP) is 2.73. The molecule has 0 aromatic heterocycles. The summed E-state index contributed by atoms with van der Waals surface area (Å²) in [5.74, 6) is -0.345. The number of likely N-dealkylation sites (tertiary alicyclic amines) is 1. The standard InChI is InChI=1S/C12H14ClFN2S/c13-9-4-1-3-8(11(9)14)7-16-6-2-5-10(16)12(15)17/h1,3-4,10H,2,5-7H2,(H2,15,17). The normalized spacial score (nSPS) is 20.7. The summed E-state index contributed by atoms with van der Waals surface area (Å²) in [6.45, 7) is 1.41. The van der Waals surface area contributed by atoms with E-state index >= 15 is 0 Å². The van der Waals surface area contributed by atoms with Crippen molar-refractivity contribution < 1.29 is 4.39 Å². The average molecular weight is 273 g/mol. The summed E-state index contributed by atoms with van der Waals surface area (Å²) in [7, 11) is 0. The zero-order valence-electron chi connectivity index (χ0n) is 9.33. The van der Waals surface area contributed by atoms with Crippen LogP contribution in [0.3, 0.4) is 0 Å². The summed E-state index contributed by atoms with van der Waals surface area (Å²) >= 11 is 10.8. The Balaban J connectivity index is 2.15. The summed E-state index contributed by atoms with van der Waals surface area (Å²) < 4.78 is 13.8. The number of nitrogens with zero attached hydrogens (tertiary/aromatic N) is 1. The van der Waals surface area contributed by atoms with Gasteiger partial charge in [0.2, 0.25) is 0 Å². The van der Waals surface area contributed by atoms with Crippen LogP contribution in [0.1, 0.15) is 18.4 Å². The zero-order valence-corrected chi connectivity index (χ0v) is 10.9. The minimum Gasteiger partial charge on any atom is -0.392 e. The van der Waals surface area contributed by atoms with Crippen LogP contribution in [0.2, 0.25) is 5.02 Å². The Labute approximate surface area is 111 Å². The molecule has 2 rings (SSSR count). The maximum Gasteiger partial charge on any atom is 0.146 e. The van der Waals surface area contributed by atoms with Crippen LogP contribution >= 0.6 is 23.8 Å². The first-order valence-electron chi connectivity index (χ1n) is 5.56. The van der Waals surface area contributed by atoms with E-state index in [9.17, 15) is 4.39 Å². The van der Waals surface area contributed by atoms with Gasteiger partial charge in [-0.2, -0.15) is 0 Å². The smallest absolute Gasteiger partial charge is 0.146 e. The number of hydrogen-bond acceptors (Lipinski definition) is 2. The number of nitrogens with two attached hydrogens (primary N) is 1. The predicted molar refractivity (Wildman–Crippen MR) is 71.6 cm³/mol. The molecule has 1 aliphatic heterocycles. The van der Waals surface area contributed by atoms with Crippen molar-refractivity contribution in [3.05, 3.63) is 34.6 Å². The van der Waals surface area contributed by atoms with Crippen molar-refractivity contribution in [2.24, 2.45) is 5.73 Å². The van der Waals surface area contributed by atoms with E-state index in [4.69, 9.17) is 29.6 Å². The maximum absolute atomic E-state index is 13.8. The van der Waals surface area contributed by atoms with Crippen LogP contribution < -0.4 is 5.73 Å². The third kappa shape index (κ3) is 2.76. The highest BCUT2D eigenvalue weighted by atomic mass is 35.5. The molecule has 0 spiro atoms. The van der Waals surface area contributed by atoms with Gasteiger partial charge >= 0.3 is 0 Å². The van der Waals surface area contributed by atoms with Crippen LogP contribution in [-0.2, 0) is 6.54 Å². The van der Waals surface area contributed by atoms with Gasteiger partial charge in [0.25, 0.3) is 0 Å². The van der Waals surface area contributed by atoms with Gasteiger partial charge in [-0.1, -0.05) is 36.0 Å². The van der Waals surface area contributed by atoms with E-state index in [1.807, 2.05) is 0 Å². The van der Waals surface area contributed by atoms with Gasteiger partial charge in [0.1, 0.15) is 5.82 Å². The molecule has 17 heavy (non-hydrogen) atoms. The molecular formula is C12H14ClFN2S. The monoisotopic (exact) mass is 272 g/mol. The summed E-state index contributed by atoms with van der Waals surface area (Å²) in [6.07, 6.45) is 2.00. The highest BCUT2D eigenvalue weighted by Crippen LogP contribution is 2.24. The van der Waals surface area contributed by atoms with E-state index in [0.717, 1.165) is 19.4 Å². The first-order chi connectivity index (χ1) is 8.09. The Bertz CT molecular complexity index is 439. The van der Waals surface area contributed by atoms with Gasteiger partial charge in [0, 0.05) is 12.1 Å². The van der Waals surface area contributed by atoms with Gasteiger partial charge in [0.05, 0.1) is 16.1 Å². The van der Waals surface area contributed by atoms with Crippen LogP contribution in [0.4, 0.5) is 4.39 Å². The summed E-state index contributed by atoms with van der Waals surface area (Å²) in [4.78, 5) is 2.60. The van der Waals surface area contributed by atoms with E-state index in [0.29, 0.717) is 17.1 Å². The molecule has 0 saturated carbocycles. The number of halogens is 2. The van der Waals surface area contributed by atoms with Crippen molar-refractivity contribution in [2.45, 2.75) is 25.4 Å². The van der Waals surface area contributed by atoms with Crippen molar-refractivity contribution in [2.75, 3.05) is 6.54 Å². The van der Waals surface area contributed by atoms with Gasteiger partial charge in [-0.15, -0.1) is 0 Å². The Morgan fingerprint density at radius 3 is 3.06 bits per heavy atom. The van der Waals surface area contributed by atoms with E-state index in [2.05, 4.69) is 4.90 Å². The van der Waals surface area contributed by atoms with Crippen LogP contribution in [0.5, 0.6) is 0 Å². The third-order valence-electron chi connectivity index (χ3n) is 3.10. The van der Waals surface area contributed by atoms with Crippen molar-refractivity contribution in [1.82, 2.24) is 4.90 Å².